The monoisotopic (exact) mass is 456 g/mol. The number of carbonyl (C=O) groups excluding carboxylic acids is 1. The number of anilines is 1. The third kappa shape index (κ3) is 6.08. The lowest BCUT2D eigenvalue weighted by atomic mass is 10.1. The predicted octanol–water partition coefficient (Wildman–Crippen LogP) is 5.10. The summed E-state index contributed by atoms with van der Waals surface area (Å²) in [6.07, 6.45) is 0. The second kappa shape index (κ2) is 10.3. The van der Waals surface area contributed by atoms with Crippen LogP contribution < -0.4 is 10.6 Å². The highest BCUT2D eigenvalue weighted by atomic mass is 32.2. The van der Waals surface area contributed by atoms with Gasteiger partial charge in [-0.15, -0.1) is 11.8 Å². The number of thioether (sulfide) groups is 1. The molecule has 32 heavy (non-hydrogen) atoms. The van der Waals surface area contributed by atoms with E-state index < -0.39 is 5.92 Å². The number of halogens is 2. The average Bonchev–Trinajstić information content (AvgIpc) is 3.19. The molecule has 0 aliphatic heterocycles. The molecular weight excluding hydrogens is 434 g/mol. The van der Waals surface area contributed by atoms with E-state index in [4.69, 9.17) is 4.52 Å². The van der Waals surface area contributed by atoms with E-state index in [0.29, 0.717) is 23.5 Å². The zero-order valence-corrected chi connectivity index (χ0v) is 18.4. The Kier molecular flexibility index (Phi) is 7.49. The predicted molar refractivity (Wildman–Crippen MR) is 119 cm³/mol. The van der Waals surface area contributed by atoms with Crippen molar-refractivity contribution in [3.63, 3.8) is 0 Å². The van der Waals surface area contributed by atoms with Gasteiger partial charge in [0.2, 0.25) is 0 Å². The van der Waals surface area contributed by atoms with Crippen molar-refractivity contribution in [3.8, 4) is 6.07 Å². The lowest BCUT2D eigenvalue weighted by Gasteiger charge is -2.14. The Labute approximate surface area is 189 Å². The number of alkyl halides is 2. The maximum Gasteiger partial charge on any atom is 0.270 e. The summed E-state index contributed by atoms with van der Waals surface area (Å²) in [4.78, 5) is 13.5. The maximum absolute atomic E-state index is 13.5. The summed E-state index contributed by atoms with van der Waals surface area (Å²) in [5.74, 6) is -1.97. The van der Waals surface area contributed by atoms with Gasteiger partial charge in [0, 0.05) is 36.5 Å². The van der Waals surface area contributed by atoms with Crippen molar-refractivity contribution in [2.24, 2.45) is 0 Å². The molecular formula is C23H22F2N4O2S. The molecule has 0 radical (unpaired) electrons. The van der Waals surface area contributed by atoms with Crippen molar-refractivity contribution in [2.45, 2.75) is 30.4 Å². The number of hydrogen-bond acceptors (Lipinski definition) is 6. The van der Waals surface area contributed by atoms with Gasteiger partial charge in [-0.1, -0.05) is 23.4 Å². The molecule has 0 spiro atoms. The van der Waals surface area contributed by atoms with Crippen LogP contribution in [-0.4, -0.2) is 24.2 Å². The van der Waals surface area contributed by atoms with Gasteiger partial charge in [-0.2, -0.15) is 5.26 Å². The fourth-order valence-corrected chi connectivity index (χ4v) is 3.87. The molecule has 0 aliphatic rings. The fourth-order valence-electron chi connectivity index (χ4n) is 2.95. The Morgan fingerprint density at radius 3 is 2.69 bits per heavy atom. The number of aryl methyl sites for hydroxylation is 1. The van der Waals surface area contributed by atoms with Gasteiger partial charge in [-0.05, 0) is 31.2 Å². The van der Waals surface area contributed by atoms with Gasteiger partial charge >= 0.3 is 0 Å². The van der Waals surface area contributed by atoms with E-state index in [1.54, 1.807) is 12.1 Å². The van der Waals surface area contributed by atoms with Crippen molar-refractivity contribution in [2.75, 3.05) is 18.4 Å². The smallest absolute Gasteiger partial charge is 0.270 e. The third-order valence-corrected chi connectivity index (χ3v) is 5.65. The van der Waals surface area contributed by atoms with Crippen molar-refractivity contribution in [3.05, 3.63) is 76.7 Å². The summed E-state index contributed by atoms with van der Waals surface area (Å²) in [5.41, 5.74) is 1.69. The number of aromatic nitrogens is 1. The number of amides is 1. The maximum atomic E-state index is 13.5. The molecule has 0 aliphatic carbocycles. The molecule has 166 valence electrons. The normalized spacial score (nSPS) is 11.1. The number of rotatable bonds is 9. The van der Waals surface area contributed by atoms with Crippen molar-refractivity contribution in [1.29, 1.82) is 5.26 Å². The van der Waals surface area contributed by atoms with Crippen LogP contribution in [0.4, 0.5) is 14.5 Å². The van der Waals surface area contributed by atoms with E-state index in [1.807, 2.05) is 31.2 Å². The number of nitriles is 1. The number of hydrogen-bond donors (Lipinski definition) is 2. The first-order valence-electron chi connectivity index (χ1n) is 9.86. The van der Waals surface area contributed by atoms with Crippen LogP contribution in [0.15, 0.2) is 57.9 Å². The number of benzene rings is 2. The second-order valence-corrected chi connectivity index (χ2v) is 8.18. The van der Waals surface area contributed by atoms with Gasteiger partial charge < -0.3 is 15.2 Å². The minimum Gasteiger partial charge on any atom is -0.382 e. The van der Waals surface area contributed by atoms with Crippen LogP contribution in [0.3, 0.4) is 0 Å². The summed E-state index contributed by atoms with van der Waals surface area (Å²) in [6, 6.07) is 14.9. The Hall–Kier alpha value is -3.38. The van der Waals surface area contributed by atoms with Crippen LogP contribution in [0.5, 0.6) is 0 Å². The van der Waals surface area contributed by atoms with Crippen LogP contribution in [0, 0.1) is 18.3 Å². The van der Waals surface area contributed by atoms with E-state index in [0.717, 1.165) is 23.3 Å². The molecule has 0 atom stereocenters. The average molecular weight is 457 g/mol. The molecule has 2 N–H and O–H groups in total. The zero-order valence-electron chi connectivity index (χ0n) is 17.6. The lowest BCUT2D eigenvalue weighted by molar-refractivity contribution is 0.0174. The van der Waals surface area contributed by atoms with E-state index in [9.17, 15) is 18.8 Å². The molecule has 1 amide bonds. The van der Waals surface area contributed by atoms with Crippen LogP contribution in [0.1, 0.15) is 39.9 Å². The molecule has 1 heterocycles. The largest absolute Gasteiger partial charge is 0.382 e. The number of nitrogens with zero attached hydrogens (tertiary/aromatic N) is 2. The quantitative estimate of drug-likeness (QED) is 0.344. The number of nitrogens with one attached hydrogen (secondary N) is 2. The van der Waals surface area contributed by atoms with Crippen LogP contribution in [-0.2, 0) is 11.7 Å². The second-order valence-electron chi connectivity index (χ2n) is 7.16. The van der Waals surface area contributed by atoms with E-state index in [2.05, 4.69) is 15.8 Å². The Balaban J connectivity index is 1.55. The highest BCUT2D eigenvalue weighted by molar-refractivity contribution is 7.98. The SMILES string of the molecule is Cc1cc(CSc2ccccc2C(=O)NCCNc2ccc(C(C)(F)F)cc2C#N)on1. The summed E-state index contributed by atoms with van der Waals surface area (Å²) in [7, 11) is 0. The molecule has 0 fully saturated rings. The van der Waals surface area contributed by atoms with Gasteiger partial charge in [0.15, 0.2) is 0 Å². The summed E-state index contributed by atoms with van der Waals surface area (Å²) in [6.45, 7) is 3.25. The first-order chi connectivity index (χ1) is 15.3. The standard InChI is InChI=1S/C23H22F2N4O2S/c1-15-11-18(31-29-15)14-32-21-6-4-3-5-19(21)22(30)28-10-9-27-20-8-7-17(23(2,24)25)12-16(20)13-26/h3-8,11-12,27H,9-10,14H2,1-2H3,(H,28,30). The molecule has 2 aromatic carbocycles. The van der Waals surface area contributed by atoms with E-state index >= 15 is 0 Å². The molecule has 1 aromatic heterocycles. The molecule has 0 unspecified atom stereocenters. The Bertz CT molecular complexity index is 1140. The molecule has 0 saturated heterocycles. The third-order valence-electron chi connectivity index (χ3n) is 4.55. The van der Waals surface area contributed by atoms with Gasteiger partial charge in [-0.25, -0.2) is 8.78 Å². The molecule has 0 bridgehead atoms. The molecule has 9 heteroatoms. The minimum atomic E-state index is -3.02. The highest BCUT2D eigenvalue weighted by Crippen LogP contribution is 2.30. The van der Waals surface area contributed by atoms with Crippen molar-refractivity contribution < 1.29 is 18.1 Å². The summed E-state index contributed by atoms with van der Waals surface area (Å²) in [5, 5.41) is 18.9. The Morgan fingerprint density at radius 2 is 2.00 bits per heavy atom. The van der Waals surface area contributed by atoms with Gasteiger partial charge in [0.05, 0.1) is 28.3 Å². The molecule has 0 saturated carbocycles. The molecule has 3 aromatic rings. The summed E-state index contributed by atoms with van der Waals surface area (Å²) < 4.78 is 32.1. The molecule has 3 rings (SSSR count). The van der Waals surface area contributed by atoms with Crippen LogP contribution >= 0.6 is 11.8 Å². The molecule has 6 nitrogen and oxygen atoms in total. The van der Waals surface area contributed by atoms with Gasteiger partial charge in [0.25, 0.3) is 11.8 Å². The van der Waals surface area contributed by atoms with Crippen molar-refractivity contribution in [1.82, 2.24) is 10.5 Å². The first kappa shape index (κ1) is 23.3. The van der Waals surface area contributed by atoms with Gasteiger partial charge in [-0.3, -0.25) is 4.79 Å². The zero-order chi connectivity index (χ0) is 23.1. The first-order valence-corrected chi connectivity index (χ1v) is 10.8. The Morgan fingerprint density at radius 1 is 1.22 bits per heavy atom. The lowest BCUT2D eigenvalue weighted by Crippen LogP contribution is -2.29. The fraction of sp³-hybridized carbons (Fsp3) is 0.261. The summed E-state index contributed by atoms with van der Waals surface area (Å²) >= 11 is 1.48. The van der Waals surface area contributed by atoms with Crippen molar-refractivity contribution >= 4 is 23.4 Å². The van der Waals surface area contributed by atoms with E-state index in [1.165, 1.54) is 30.0 Å². The van der Waals surface area contributed by atoms with Gasteiger partial charge in [0.1, 0.15) is 11.8 Å². The minimum absolute atomic E-state index is 0.125. The van der Waals surface area contributed by atoms with Crippen LogP contribution in [0.2, 0.25) is 0 Å². The van der Waals surface area contributed by atoms with Crippen LogP contribution in [0.25, 0.3) is 0 Å². The van der Waals surface area contributed by atoms with E-state index in [-0.39, 0.29) is 23.6 Å². The highest BCUT2D eigenvalue weighted by Gasteiger charge is 2.25. The topological polar surface area (TPSA) is 91.0 Å². The number of carbonyl (C=O) groups is 1.